The zero-order valence-corrected chi connectivity index (χ0v) is 10.4. The summed E-state index contributed by atoms with van der Waals surface area (Å²) in [5.41, 5.74) is 0. The highest BCUT2D eigenvalue weighted by molar-refractivity contribution is 7.99. The Morgan fingerprint density at radius 3 is 3.00 bits per heavy atom. The van der Waals surface area contributed by atoms with Crippen molar-refractivity contribution in [2.24, 2.45) is 0 Å². The number of ether oxygens (including phenoxy) is 1. The van der Waals surface area contributed by atoms with Gasteiger partial charge in [-0.25, -0.2) is 0 Å². The summed E-state index contributed by atoms with van der Waals surface area (Å²) in [6.45, 7) is 1.56. The number of thioether (sulfide) groups is 1. The van der Waals surface area contributed by atoms with Crippen molar-refractivity contribution in [3.63, 3.8) is 0 Å². The lowest BCUT2D eigenvalue weighted by molar-refractivity contribution is -0.112. The number of allylic oxidation sites excluding steroid dienone is 2. The van der Waals surface area contributed by atoms with Crippen LogP contribution in [0, 0.1) is 0 Å². The Bertz CT molecular complexity index is 372. The summed E-state index contributed by atoms with van der Waals surface area (Å²) in [5.74, 6) is 1.95. The molecule has 0 unspecified atom stereocenters. The van der Waals surface area contributed by atoms with E-state index in [0.29, 0.717) is 0 Å². The molecule has 16 heavy (non-hydrogen) atoms. The Balaban J connectivity index is 2.34. The topological polar surface area (TPSA) is 26.3 Å². The highest BCUT2D eigenvalue weighted by Gasteiger charge is 1.95. The summed E-state index contributed by atoms with van der Waals surface area (Å²) in [7, 11) is 1.67. The van der Waals surface area contributed by atoms with Gasteiger partial charge in [-0.1, -0.05) is 12.1 Å². The molecule has 0 amide bonds. The van der Waals surface area contributed by atoms with Crippen LogP contribution < -0.4 is 4.74 Å². The molecule has 0 saturated carbocycles. The van der Waals surface area contributed by atoms with E-state index in [0.717, 1.165) is 17.9 Å². The molecular weight excluding hydrogens is 220 g/mol. The second-order valence-corrected chi connectivity index (χ2v) is 4.50. The lowest BCUT2D eigenvalue weighted by atomic mass is 10.3. The van der Waals surface area contributed by atoms with Crippen LogP contribution in [0.5, 0.6) is 5.75 Å². The monoisotopic (exact) mass is 236 g/mol. The maximum absolute atomic E-state index is 10.7. The van der Waals surface area contributed by atoms with Gasteiger partial charge in [0.15, 0.2) is 5.78 Å². The van der Waals surface area contributed by atoms with E-state index in [9.17, 15) is 4.79 Å². The van der Waals surface area contributed by atoms with Crippen LogP contribution in [0.3, 0.4) is 0 Å². The fourth-order valence-corrected chi connectivity index (χ4v) is 2.05. The predicted molar refractivity (Wildman–Crippen MR) is 68.2 cm³/mol. The first kappa shape index (κ1) is 12.8. The second-order valence-electron chi connectivity index (χ2n) is 3.33. The summed E-state index contributed by atoms with van der Waals surface area (Å²) >= 11 is 1.76. The third kappa shape index (κ3) is 5.03. The molecule has 0 N–H and O–H groups in total. The minimum Gasteiger partial charge on any atom is -0.497 e. The predicted octanol–water partition coefficient (Wildman–Crippen LogP) is 3.32. The maximum Gasteiger partial charge on any atom is 0.152 e. The molecule has 0 aliphatic carbocycles. The fraction of sp³-hybridized carbons (Fsp3) is 0.308. The molecule has 0 aliphatic heterocycles. The van der Waals surface area contributed by atoms with Crippen molar-refractivity contribution in [2.75, 3.05) is 12.9 Å². The van der Waals surface area contributed by atoms with Gasteiger partial charge in [-0.3, -0.25) is 4.79 Å². The molecule has 0 aliphatic rings. The van der Waals surface area contributed by atoms with Crippen LogP contribution in [0.1, 0.15) is 13.3 Å². The van der Waals surface area contributed by atoms with E-state index in [4.69, 9.17) is 4.74 Å². The summed E-state index contributed by atoms with van der Waals surface area (Å²) < 4.78 is 5.14. The molecule has 0 heterocycles. The first-order valence-electron chi connectivity index (χ1n) is 5.16. The highest BCUT2D eigenvalue weighted by Crippen LogP contribution is 2.23. The first-order chi connectivity index (χ1) is 7.72. The van der Waals surface area contributed by atoms with Crippen LogP contribution in [0.15, 0.2) is 41.3 Å². The molecule has 86 valence electrons. The van der Waals surface area contributed by atoms with Gasteiger partial charge in [-0.2, -0.15) is 0 Å². The van der Waals surface area contributed by atoms with Gasteiger partial charge in [-0.15, -0.1) is 11.8 Å². The number of rotatable bonds is 6. The fourth-order valence-electron chi connectivity index (χ4n) is 1.19. The summed E-state index contributed by atoms with van der Waals surface area (Å²) in [6.07, 6.45) is 4.43. The molecule has 3 heteroatoms. The molecule has 0 fully saturated rings. The van der Waals surface area contributed by atoms with Crippen LogP contribution in [-0.4, -0.2) is 18.6 Å². The number of methoxy groups -OCH3 is 1. The summed E-state index contributed by atoms with van der Waals surface area (Å²) in [4.78, 5) is 11.8. The van der Waals surface area contributed by atoms with Crippen LogP contribution in [0.4, 0.5) is 0 Å². The SMILES string of the molecule is COc1cccc(SCC/C=C/C(C)=O)c1. The van der Waals surface area contributed by atoms with Gasteiger partial charge in [0.1, 0.15) is 5.75 Å². The molecule has 1 rings (SSSR count). The molecule has 0 atom stereocenters. The van der Waals surface area contributed by atoms with Crippen molar-refractivity contribution in [1.82, 2.24) is 0 Å². The lowest BCUT2D eigenvalue weighted by Crippen LogP contribution is -1.84. The van der Waals surface area contributed by atoms with E-state index in [1.165, 1.54) is 4.90 Å². The van der Waals surface area contributed by atoms with Crippen molar-refractivity contribution < 1.29 is 9.53 Å². The van der Waals surface area contributed by atoms with Gasteiger partial charge in [0.05, 0.1) is 7.11 Å². The Hall–Kier alpha value is -1.22. The largest absolute Gasteiger partial charge is 0.497 e. The highest BCUT2D eigenvalue weighted by atomic mass is 32.2. The number of hydrogen-bond donors (Lipinski definition) is 0. The number of hydrogen-bond acceptors (Lipinski definition) is 3. The Morgan fingerprint density at radius 2 is 2.31 bits per heavy atom. The van der Waals surface area contributed by atoms with Crippen molar-refractivity contribution >= 4 is 17.5 Å². The van der Waals surface area contributed by atoms with Gasteiger partial charge >= 0.3 is 0 Å². The first-order valence-corrected chi connectivity index (χ1v) is 6.15. The van der Waals surface area contributed by atoms with E-state index in [2.05, 4.69) is 6.07 Å². The van der Waals surface area contributed by atoms with E-state index in [-0.39, 0.29) is 5.78 Å². The van der Waals surface area contributed by atoms with Gasteiger partial charge < -0.3 is 4.74 Å². The molecule has 0 radical (unpaired) electrons. The van der Waals surface area contributed by atoms with Crippen LogP contribution in [0.2, 0.25) is 0 Å². The Kier molecular flexibility index (Phi) is 5.72. The molecule has 2 nitrogen and oxygen atoms in total. The number of carbonyl (C=O) groups excluding carboxylic acids is 1. The minimum absolute atomic E-state index is 0.103. The van der Waals surface area contributed by atoms with Gasteiger partial charge in [0.25, 0.3) is 0 Å². The normalized spacial score (nSPS) is 10.6. The van der Waals surface area contributed by atoms with E-state index < -0.39 is 0 Å². The van der Waals surface area contributed by atoms with Gasteiger partial charge in [-0.05, 0) is 37.6 Å². The van der Waals surface area contributed by atoms with Crippen molar-refractivity contribution in [2.45, 2.75) is 18.2 Å². The molecular formula is C13H16O2S. The lowest BCUT2D eigenvalue weighted by Gasteiger charge is -2.02. The average Bonchev–Trinajstić information content (AvgIpc) is 2.28. The molecule has 0 bridgehead atoms. The maximum atomic E-state index is 10.7. The van der Waals surface area contributed by atoms with Crippen LogP contribution >= 0.6 is 11.8 Å². The van der Waals surface area contributed by atoms with E-state index >= 15 is 0 Å². The third-order valence-corrected chi connectivity index (χ3v) is 2.97. The molecule has 1 aromatic rings. The smallest absolute Gasteiger partial charge is 0.152 e. The van der Waals surface area contributed by atoms with E-state index in [1.54, 1.807) is 31.9 Å². The Morgan fingerprint density at radius 1 is 1.50 bits per heavy atom. The van der Waals surface area contributed by atoms with E-state index in [1.807, 2.05) is 24.3 Å². The zero-order chi connectivity index (χ0) is 11.8. The van der Waals surface area contributed by atoms with Crippen LogP contribution in [0.25, 0.3) is 0 Å². The van der Waals surface area contributed by atoms with Gasteiger partial charge in [0.2, 0.25) is 0 Å². The number of ketones is 1. The minimum atomic E-state index is 0.103. The van der Waals surface area contributed by atoms with Crippen LogP contribution in [-0.2, 0) is 4.79 Å². The number of benzene rings is 1. The molecule has 1 aromatic carbocycles. The summed E-state index contributed by atoms with van der Waals surface area (Å²) in [5, 5.41) is 0. The third-order valence-electron chi connectivity index (χ3n) is 1.95. The van der Waals surface area contributed by atoms with Crippen molar-refractivity contribution in [3.05, 3.63) is 36.4 Å². The molecule has 0 saturated heterocycles. The Labute approximate surface area is 101 Å². The van der Waals surface area contributed by atoms with Crippen molar-refractivity contribution in [3.8, 4) is 5.75 Å². The zero-order valence-electron chi connectivity index (χ0n) is 9.60. The average molecular weight is 236 g/mol. The second kappa shape index (κ2) is 7.12. The molecule has 0 spiro atoms. The summed E-state index contributed by atoms with van der Waals surface area (Å²) in [6, 6.07) is 7.98. The standard InChI is InChI=1S/C13H16O2S/c1-11(14)6-3-4-9-16-13-8-5-7-12(10-13)15-2/h3,5-8,10H,4,9H2,1-2H3/b6-3+. The van der Waals surface area contributed by atoms with Gasteiger partial charge in [0, 0.05) is 10.6 Å². The molecule has 0 aromatic heterocycles. The number of carbonyl (C=O) groups is 1. The quantitative estimate of drug-likeness (QED) is 0.430. The van der Waals surface area contributed by atoms with Crippen molar-refractivity contribution in [1.29, 1.82) is 0 Å².